The molecule has 0 spiro atoms. The molecule has 2 atom stereocenters. The number of carbonyl (C=O) groups is 1. The Bertz CT molecular complexity index is 1000. The van der Waals surface area contributed by atoms with Crippen LogP contribution in [0.15, 0.2) is 65.9 Å². The van der Waals surface area contributed by atoms with Crippen molar-refractivity contribution in [2.75, 3.05) is 0 Å². The second-order valence-electron chi connectivity index (χ2n) is 7.37. The number of rotatable bonds is 8. The number of allylic oxidation sites excluding steroid dienone is 2. The molecule has 0 fully saturated rings. The molecule has 162 valence electrons. The second-order valence-corrected chi connectivity index (χ2v) is 7.37. The van der Waals surface area contributed by atoms with Crippen molar-refractivity contribution in [1.82, 2.24) is 15.3 Å². The van der Waals surface area contributed by atoms with Crippen LogP contribution in [0.5, 0.6) is 0 Å². The average Bonchev–Trinajstić information content (AvgIpc) is 2.79. The van der Waals surface area contributed by atoms with E-state index in [1.165, 1.54) is 6.20 Å². The van der Waals surface area contributed by atoms with Crippen molar-refractivity contribution in [1.29, 1.82) is 0 Å². The first-order valence-electron chi connectivity index (χ1n) is 10.4. The van der Waals surface area contributed by atoms with Crippen molar-refractivity contribution in [2.24, 2.45) is 11.1 Å². The van der Waals surface area contributed by atoms with E-state index in [-0.39, 0.29) is 23.4 Å². The van der Waals surface area contributed by atoms with Gasteiger partial charge in [0.1, 0.15) is 12.4 Å². The van der Waals surface area contributed by atoms with Crippen molar-refractivity contribution < 1.29 is 14.0 Å². The molecule has 0 saturated heterocycles. The molecule has 6 nitrogen and oxygen atoms in total. The van der Waals surface area contributed by atoms with Crippen molar-refractivity contribution in [3.8, 4) is 0 Å². The Morgan fingerprint density at radius 2 is 2.10 bits per heavy atom. The SMILES string of the molecule is CCC(=NOCc1cccnc1)C1=CC(CC)C(NC(=O)c2cncc(F)c2C)C=C1. The molecule has 0 saturated carbocycles. The largest absolute Gasteiger partial charge is 0.391 e. The third-order valence-corrected chi connectivity index (χ3v) is 5.30. The monoisotopic (exact) mass is 422 g/mol. The second kappa shape index (κ2) is 10.6. The molecule has 3 rings (SSSR count). The van der Waals surface area contributed by atoms with E-state index in [1.54, 1.807) is 19.3 Å². The molecule has 1 aliphatic carbocycles. The van der Waals surface area contributed by atoms with Crippen LogP contribution >= 0.6 is 0 Å². The van der Waals surface area contributed by atoms with Gasteiger partial charge in [-0.05, 0) is 31.4 Å². The molecular formula is C24H27FN4O2. The third kappa shape index (κ3) is 5.63. The zero-order valence-corrected chi connectivity index (χ0v) is 18.0. The Morgan fingerprint density at radius 3 is 2.81 bits per heavy atom. The maximum absolute atomic E-state index is 13.8. The fraction of sp³-hybridized carbons (Fsp3) is 0.333. The lowest BCUT2D eigenvalue weighted by Crippen LogP contribution is -2.40. The number of nitrogens with zero attached hydrogens (tertiary/aromatic N) is 3. The fourth-order valence-corrected chi connectivity index (χ4v) is 3.41. The molecule has 1 aliphatic rings. The molecule has 2 aromatic heterocycles. The number of hydrogen-bond acceptors (Lipinski definition) is 5. The van der Waals surface area contributed by atoms with Crippen molar-refractivity contribution in [2.45, 2.75) is 46.3 Å². The number of pyridine rings is 2. The van der Waals surface area contributed by atoms with E-state index in [0.29, 0.717) is 18.6 Å². The molecule has 31 heavy (non-hydrogen) atoms. The molecule has 0 aromatic carbocycles. The average molecular weight is 423 g/mol. The first-order valence-corrected chi connectivity index (χ1v) is 10.4. The summed E-state index contributed by atoms with van der Waals surface area (Å²) in [5.74, 6) is -0.740. The lowest BCUT2D eigenvalue weighted by Gasteiger charge is -2.26. The van der Waals surface area contributed by atoms with E-state index in [2.05, 4.69) is 33.4 Å². The van der Waals surface area contributed by atoms with Crippen molar-refractivity contribution >= 4 is 11.6 Å². The Labute approximate surface area is 181 Å². The molecular weight excluding hydrogens is 395 g/mol. The molecule has 2 aromatic rings. The lowest BCUT2D eigenvalue weighted by atomic mass is 9.87. The summed E-state index contributed by atoms with van der Waals surface area (Å²) in [4.78, 5) is 26.1. The first-order chi connectivity index (χ1) is 15.0. The predicted molar refractivity (Wildman–Crippen MR) is 118 cm³/mol. The molecule has 1 amide bonds. The van der Waals surface area contributed by atoms with Gasteiger partial charge in [0.15, 0.2) is 0 Å². The van der Waals surface area contributed by atoms with Gasteiger partial charge in [-0.25, -0.2) is 4.39 Å². The number of carbonyl (C=O) groups excluding carboxylic acids is 1. The smallest absolute Gasteiger partial charge is 0.253 e. The van der Waals surface area contributed by atoms with Crippen molar-refractivity contribution in [3.05, 3.63) is 83.2 Å². The maximum atomic E-state index is 13.8. The number of aromatic nitrogens is 2. The van der Waals surface area contributed by atoms with Crippen LogP contribution in [0.1, 0.15) is 48.2 Å². The van der Waals surface area contributed by atoms with Crippen LogP contribution in [0.4, 0.5) is 4.39 Å². The van der Waals surface area contributed by atoms with E-state index < -0.39 is 5.82 Å². The van der Waals surface area contributed by atoms with E-state index >= 15 is 0 Å². The highest BCUT2D eigenvalue weighted by molar-refractivity contribution is 6.02. The van der Waals surface area contributed by atoms with Crippen LogP contribution in [0, 0.1) is 18.7 Å². The van der Waals surface area contributed by atoms with Crippen molar-refractivity contribution in [3.63, 3.8) is 0 Å². The van der Waals surface area contributed by atoms with Gasteiger partial charge in [0.2, 0.25) is 0 Å². The van der Waals surface area contributed by atoms with E-state index in [4.69, 9.17) is 4.84 Å². The highest BCUT2D eigenvalue weighted by atomic mass is 19.1. The Kier molecular flexibility index (Phi) is 7.65. The minimum absolute atomic E-state index is 0.0841. The molecule has 2 unspecified atom stereocenters. The van der Waals surface area contributed by atoms with Gasteiger partial charge >= 0.3 is 0 Å². The molecule has 2 heterocycles. The molecule has 0 radical (unpaired) electrons. The van der Waals surface area contributed by atoms with Crippen LogP contribution in [0.25, 0.3) is 0 Å². The number of nitrogens with one attached hydrogen (secondary N) is 1. The molecule has 7 heteroatoms. The zero-order valence-electron chi connectivity index (χ0n) is 18.0. The van der Waals surface area contributed by atoms with Gasteiger partial charge in [0.25, 0.3) is 5.91 Å². The van der Waals surface area contributed by atoms with Crippen LogP contribution in [0.3, 0.4) is 0 Å². The summed E-state index contributed by atoms with van der Waals surface area (Å²) in [6.07, 6.45) is 13.5. The number of hydrogen-bond donors (Lipinski definition) is 1. The summed E-state index contributed by atoms with van der Waals surface area (Å²) in [5, 5.41) is 7.31. The van der Waals surface area contributed by atoms with Gasteiger partial charge in [-0.1, -0.05) is 43.3 Å². The van der Waals surface area contributed by atoms with Crippen LogP contribution in [-0.2, 0) is 11.4 Å². The third-order valence-electron chi connectivity index (χ3n) is 5.30. The summed E-state index contributed by atoms with van der Waals surface area (Å²) in [6.45, 7) is 6.02. The van der Waals surface area contributed by atoms with E-state index in [0.717, 1.165) is 29.5 Å². The van der Waals surface area contributed by atoms with Gasteiger partial charge in [0.05, 0.1) is 23.5 Å². The minimum atomic E-state index is -0.490. The molecule has 1 N–H and O–H groups in total. The Hall–Kier alpha value is -3.35. The lowest BCUT2D eigenvalue weighted by molar-refractivity contribution is 0.0935. The van der Waals surface area contributed by atoms with Gasteiger partial charge in [-0.3, -0.25) is 14.8 Å². The fourth-order valence-electron chi connectivity index (χ4n) is 3.41. The molecule has 0 bridgehead atoms. The first kappa shape index (κ1) is 22.3. The topological polar surface area (TPSA) is 76.5 Å². The van der Waals surface area contributed by atoms with Gasteiger partial charge in [-0.2, -0.15) is 0 Å². The number of halogens is 1. The summed E-state index contributed by atoms with van der Waals surface area (Å²) in [6, 6.07) is 3.60. The Morgan fingerprint density at radius 1 is 1.26 bits per heavy atom. The minimum Gasteiger partial charge on any atom is -0.391 e. The zero-order chi connectivity index (χ0) is 22.2. The number of oxime groups is 1. The molecule has 0 aliphatic heterocycles. The number of amides is 1. The highest BCUT2D eigenvalue weighted by Crippen LogP contribution is 2.23. The summed E-state index contributed by atoms with van der Waals surface area (Å²) >= 11 is 0. The summed E-state index contributed by atoms with van der Waals surface area (Å²) in [5.41, 5.74) is 3.31. The van der Waals surface area contributed by atoms with Gasteiger partial charge in [-0.15, -0.1) is 0 Å². The predicted octanol–water partition coefficient (Wildman–Crippen LogP) is 4.53. The normalized spacial score (nSPS) is 18.5. The van der Waals surface area contributed by atoms with Crippen LogP contribution < -0.4 is 5.32 Å². The van der Waals surface area contributed by atoms with Crippen LogP contribution in [-0.4, -0.2) is 27.6 Å². The Balaban J connectivity index is 1.68. The summed E-state index contributed by atoms with van der Waals surface area (Å²) < 4.78 is 13.8. The van der Waals surface area contributed by atoms with E-state index in [9.17, 15) is 9.18 Å². The standard InChI is InChI=1S/C24H27FN4O2/c1-4-18-11-19(22(5-2)29-31-15-17-7-6-10-26-12-17)8-9-23(18)28-24(30)20-13-27-14-21(25)16(20)3/h6-14,18,23H,4-5,15H2,1-3H3,(H,28,30). The van der Waals surface area contributed by atoms with Crippen LogP contribution in [0.2, 0.25) is 0 Å². The highest BCUT2D eigenvalue weighted by Gasteiger charge is 2.24. The maximum Gasteiger partial charge on any atom is 0.253 e. The quantitative estimate of drug-likeness (QED) is 0.501. The van der Waals surface area contributed by atoms with E-state index in [1.807, 2.05) is 31.2 Å². The van der Waals surface area contributed by atoms with Gasteiger partial charge in [0, 0.05) is 35.6 Å². The summed E-state index contributed by atoms with van der Waals surface area (Å²) in [7, 11) is 0. The van der Waals surface area contributed by atoms with Gasteiger partial charge < -0.3 is 10.2 Å².